The number of amides is 1. The zero-order valence-electron chi connectivity index (χ0n) is 21.4. The van der Waals surface area contributed by atoms with Crippen LogP contribution in [0.4, 0.5) is 5.69 Å². The van der Waals surface area contributed by atoms with Gasteiger partial charge in [-0.1, -0.05) is 71.6 Å². The van der Waals surface area contributed by atoms with Gasteiger partial charge in [0.2, 0.25) is 5.91 Å². The van der Waals surface area contributed by atoms with Gasteiger partial charge in [-0.15, -0.1) is 0 Å². The molecule has 1 aliphatic carbocycles. The van der Waals surface area contributed by atoms with Gasteiger partial charge in [0.15, 0.2) is 0 Å². The quantitative estimate of drug-likeness (QED) is 0.227. The molecule has 0 radical (unpaired) electrons. The second kappa shape index (κ2) is 11.0. The maximum absolute atomic E-state index is 13.7. The molecule has 0 saturated heterocycles. The highest BCUT2D eigenvalue weighted by Gasteiger charge is 2.22. The van der Waals surface area contributed by atoms with Crippen molar-refractivity contribution in [3.63, 3.8) is 0 Å². The van der Waals surface area contributed by atoms with Crippen molar-refractivity contribution in [2.75, 3.05) is 5.32 Å². The molecule has 0 bridgehead atoms. The fourth-order valence-electron chi connectivity index (χ4n) is 5.41. The lowest BCUT2D eigenvalue weighted by Gasteiger charge is -2.22. The molecule has 1 N–H and O–H groups in total. The topological polar surface area (TPSA) is 81.3 Å². The molecule has 2 aromatic heterocycles. The van der Waals surface area contributed by atoms with E-state index in [1.54, 1.807) is 12.3 Å². The van der Waals surface area contributed by atoms with E-state index in [1.165, 1.54) is 11.1 Å². The van der Waals surface area contributed by atoms with Crippen LogP contribution in [0, 0.1) is 0 Å². The standard InChI is InChI=1S/C31H28BrN5O2/c32-23-15-16-27-26(17-23)31(39)37(30(35-27)21-9-3-1-4-10-21)33-18-22-19-36(28-14-8-7-13-25(22)28)20-29(38)34-24-11-5-2-6-12-24/h2,5-8,11-19,21H,1,3-4,9-10,20H2,(H,34,38). The van der Waals surface area contributed by atoms with Gasteiger partial charge in [0.1, 0.15) is 12.4 Å². The van der Waals surface area contributed by atoms with E-state index in [0.29, 0.717) is 10.9 Å². The van der Waals surface area contributed by atoms with E-state index in [0.717, 1.165) is 58.1 Å². The first kappa shape index (κ1) is 25.2. The molecule has 8 heteroatoms. The van der Waals surface area contributed by atoms with Crippen LogP contribution in [-0.2, 0) is 11.3 Å². The largest absolute Gasteiger partial charge is 0.337 e. The summed E-state index contributed by atoms with van der Waals surface area (Å²) < 4.78 is 4.22. The summed E-state index contributed by atoms with van der Waals surface area (Å²) in [5, 5.41) is 9.16. The lowest BCUT2D eigenvalue weighted by molar-refractivity contribution is -0.116. The molecule has 0 unspecified atom stereocenters. The Morgan fingerprint density at radius 2 is 1.77 bits per heavy atom. The molecule has 196 valence electrons. The van der Waals surface area contributed by atoms with Gasteiger partial charge in [0, 0.05) is 38.7 Å². The van der Waals surface area contributed by atoms with Gasteiger partial charge in [-0.25, -0.2) is 4.98 Å². The molecule has 5 aromatic rings. The highest BCUT2D eigenvalue weighted by atomic mass is 79.9. The van der Waals surface area contributed by atoms with Crippen LogP contribution in [0.2, 0.25) is 0 Å². The Labute approximate surface area is 234 Å². The van der Waals surface area contributed by atoms with E-state index < -0.39 is 0 Å². The van der Waals surface area contributed by atoms with Crippen molar-refractivity contribution < 1.29 is 4.79 Å². The van der Waals surface area contributed by atoms with Crippen LogP contribution in [0.25, 0.3) is 21.8 Å². The summed E-state index contributed by atoms with van der Waals surface area (Å²) in [6, 6.07) is 22.9. The second-order valence-electron chi connectivity index (χ2n) is 9.97. The number of aromatic nitrogens is 3. The van der Waals surface area contributed by atoms with Crippen molar-refractivity contribution in [2.45, 2.75) is 44.6 Å². The summed E-state index contributed by atoms with van der Waals surface area (Å²) in [6.45, 7) is 0.155. The van der Waals surface area contributed by atoms with Gasteiger partial charge in [-0.05, 0) is 49.2 Å². The third-order valence-corrected chi connectivity index (χ3v) is 7.80. The summed E-state index contributed by atoms with van der Waals surface area (Å²) in [6.07, 6.45) is 9.09. The van der Waals surface area contributed by atoms with Crippen molar-refractivity contribution in [1.82, 2.24) is 14.2 Å². The summed E-state index contributed by atoms with van der Waals surface area (Å²) in [7, 11) is 0. The average molecular weight is 583 g/mol. The lowest BCUT2D eigenvalue weighted by Crippen LogP contribution is -2.25. The molecule has 0 aliphatic heterocycles. The molecule has 0 atom stereocenters. The van der Waals surface area contributed by atoms with Gasteiger partial charge in [0.05, 0.1) is 17.1 Å². The molecule has 1 fully saturated rings. The monoisotopic (exact) mass is 581 g/mol. The molecular weight excluding hydrogens is 554 g/mol. The summed E-state index contributed by atoms with van der Waals surface area (Å²) >= 11 is 3.48. The zero-order chi connectivity index (χ0) is 26.8. The molecule has 6 rings (SSSR count). The van der Waals surface area contributed by atoms with Crippen LogP contribution < -0.4 is 10.9 Å². The number of fused-ring (bicyclic) bond motifs is 2. The zero-order valence-corrected chi connectivity index (χ0v) is 23.0. The Hall–Kier alpha value is -4.04. The number of nitrogens with zero attached hydrogens (tertiary/aromatic N) is 4. The minimum absolute atomic E-state index is 0.120. The Kier molecular flexibility index (Phi) is 7.11. The fraction of sp³-hybridized carbons (Fsp3) is 0.226. The predicted molar refractivity (Wildman–Crippen MR) is 160 cm³/mol. The molecule has 1 aliphatic rings. The van der Waals surface area contributed by atoms with E-state index in [1.807, 2.05) is 77.5 Å². The number of carbonyl (C=O) groups is 1. The van der Waals surface area contributed by atoms with Crippen molar-refractivity contribution in [3.8, 4) is 0 Å². The number of para-hydroxylation sites is 2. The number of nitrogens with one attached hydrogen (secondary N) is 1. The number of rotatable bonds is 6. The van der Waals surface area contributed by atoms with Gasteiger partial charge in [0.25, 0.3) is 5.56 Å². The molecule has 0 spiro atoms. The van der Waals surface area contributed by atoms with Gasteiger partial charge < -0.3 is 9.88 Å². The average Bonchev–Trinajstić information content (AvgIpc) is 3.30. The fourth-order valence-corrected chi connectivity index (χ4v) is 5.77. The highest BCUT2D eigenvalue weighted by molar-refractivity contribution is 9.10. The first-order chi connectivity index (χ1) is 19.1. The molecular formula is C31H28BrN5O2. The van der Waals surface area contributed by atoms with Crippen molar-refractivity contribution in [3.05, 3.63) is 105 Å². The normalized spacial score (nSPS) is 14.4. The van der Waals surface area contributed by atoms with Crippen LogP contribution in [-0.4, -0.2) is 26.3 Å². The third kappa shape index (κ3) is 5.29. The number of carbonyl (C=O) groups excluding carboxylic acids is 1. The van der Waals surface area contributed by atoms with Crippen LogP contribution in [0.5, 0.6) is 0 Å². The number of benzene rings is 3. The summed E-state index contributed by atoms with van der Waals surface area (Å²) in [4.78, 5) is 31.4. The molecule has 3 aromatic carbocycles. The smallest absolute Gasteiger partial charge is 0.282 e. The van der Waals surface area contributed by atoms with E-state index in [9.17, 15) is 9.59 Å². The van der Waals surface area contributed by atoms with Crippen molar-refractivity contribution in [2.24, 2.45) is 5.10 Å². The molecule has 39 heavy (non-hydrogen) atoms. The van der Waals surface area contributed by atoms with Crippen LogP contribution in [0.1, 0.15) is 49.4 Å². The maximum Gasteiger partial charge on any atom is 0.282 e. The first-order valence-corrected chi connectivity index (χ1v) is 14.1. The second-order valence-corrected chi connectivity index (χ2v) is 10.9. The van der Waals surface area contributed by atoms with Gasteiger partial charge in [-0.3, -0.25) is 9.59 Å². The predicted octanol–water partition coefficient (Wildman–Crippen LogP) is 6.68. The van der Waals surface area contributed by atoms with Crippen LogP contribution in [0.15, 0.2) is 93.4 Å². The third-order valence-electron chi connectivity index (χ3n) is 7.31. The molecule has 7 nitrogen and oxygen atoms in total. The van der Waals surface area contributed by atoms with E-state index >= 15 is 0 Å². The SMILES string of the molecule is O=C(Cn1cc(C=Nn2c(C3CCCCC3)nc3ccc(Br)cc3c2=O)c2ccccc21)Nc1ccccc1. The number of hydrogen-bond donors (Lipinski definition) is 1. The molecule has 1 amide bonds. The Bertz CT molecular complexity index is 1750. The van der Waals surface area contributed by atoms with Gasteiger partial charge in [-0.2, -0.15) is 9.78 Å². The number of anilines is 1. The Balaban J connectivity index is 1.39. The van der Waals surface area contributed by atoms with E-state index in [-0.39, 0.29) is 23.9 Å². The van der Waals surface area contributed by atoms with Gasteiger partial charge >= 0.3 is 0 Å². The Morgan fingerprint density at radius 3 is 2.59 bits per heavy atom. The molecule has 1 saturated carbocycles. The van der Waals surface area contributed by atoms with E-state index in [2.05, 4.69) is 21.2 Å². The van der Waals surface area contributed by atoms with Crippen molar-refractivity contribution >= 4 is 55.5 Å². The number of halogens is 1. The van der Waals surface area contributed by atoms with E-state index in [4.69, 9.17) is 10.1 Å². The molecule has 2 heterocycles. The minimum atomic E-state index is -0.177. The van der Waals surface area contributed by atoms with Crippen LogP contribution >= 0.6 is 15.9 Å². The number of hydrogen-bond acceptors (Lipinski definition) is 4. The highest BCUT2D eigenvalue weighted by Crippen LogP contribution is 2.32. The first-order valence-electron chi connectivity index (χ1n) is 13.3. The Morgan fingerprint density at radius 1 is 1.00 bits per heavy atom. The van der Waals surface area contributed by atoms with Crippen LogP contribution in [0.3, 0.4) is 0 Å². The summed E-state index contributed by atoms with van der Waals surface area (Å²) in [5.74, 6) is 0.793. The minimum Gasteiger partial charge on any atom is -0.337 e. The maximum atomic E-state index is 13.7. The lowest BCUT2D eigenvalue weighted by atomic mass is 9.88. The summed E-state index contributed by atoms with van der Waals surface area (Å²) in [5.41, 5.74) is 3.02. The van der Waals surface area contributed by atoms with Crippen molar-refractivity contribution in [1.29, 1.82) is 0 Å².